The first-order valence-corrected chi connectivity index (χ1v) is 6.75. The van der Waals surface area contributed by atoms with E-state index in [2.05, 4.69) is 5.32 Å². The number of nitrogens with one attached hydrogen (secondary N) is 1. The summed E-state index contributed by atoms with van der Waals surface area (Å²) in [6, 6.07) is 6.84. The summed E-state index contributed by atoms with van der Waals surface area (Å²) in [5.74, 6) is -1.50. The number of nitro benzene ring substituents is 2. The van der Waals surface area contributed by atoms with Crippen molar-refractivity contribution in [2.45, 2.75) is 13.8 Å². The standard InChI is InChI=1S/C15H13N3O6/c1-8-4-3-5-9(2)13(8)16-14-11(15(19)20)6-10(17(21)22)7-12(14)18(23)24/h3-7,16H,1-2H3,(H,19,20). The zero-order chi connectivity index (χ0) is 18.0. The fraction of sp³-hybridized carbons (Fsp3) is 0.133. The summed E-state index contributed by atoms with van der Waals surface area (Å²) < 4.78 is 0. The second kappa shape index (κ2) is 6.32. The van der Waals surface area contributed by atoms with E-state index < -0.39 is 32.8 Å². The van der Waals surface area contributed by atoms with Gasteiger partial charge in [-0.25, -0.2) is 4.79 Å². The molecule has 2 aromatic carbocycles. The molecule has 2 aromatic rings. The van der Waals surface area contributed by atoms with E-state index in [1.165, 1.54) is 0 Å². The molecular weight excluding hydrogens is 318 g/mol. The Hall–Kier alpha value is -3.49. The molecule has 24 heavy (non-hydrogen) atoms. The van der Waals surface area contributed by atoms with Crippen molar-refractivity contribution in [3.63, 3.8) is 0 Å². The lowest BCUT2D eigenvalue weighted by Crippen LogP contribution is -2.08. The van der Waals surface area contributed by atoms with Gasteiger partial charge in [0.15, 0.2) is 0 Å². The van der Waals surface area contributed by atoms with Gasteiger partial charge in [-0.2, -0.15) is 0 Å². The molecule has 0 bridgehead atoms. The Kier molecular flexibility index (Phi) is 4.45. The molecule has 9 nitrogen and oxygen atoms in total. The van der Waals surface area contributed by atoms with Crippen LogP contribution in [-0.4, -0.2) is 20.9 Å². The third-order valence-electron chi connectivity index (χ3n) is 3.47. The summed E-state index contributed by atoms with van der Waals surface area (Å²) in [5, 5.41) is 34.3. The van der Waals surface area contributed by atoms with Crippen molar-refractivity contribution in [1.82, 2.24) is 0 Å². The first kappa shape index (κ1) is 16.9. The molecule has 0 amide bonds. The van der Waals surface area contributed by atoms with Gasteiger partial charge in [0.1, 0.15) is 5.69 Å². The summed E-state index contributed by atoms with van der Waals surface area (Å²) in [7, 11) is 0. The lowest BCUT2D eigenvalue weighted by Gasteiger charge is -2.14. The number of hydrogen-bond acceptors (Lipinski definition) is 6. The maximum atomic E-state index is 11.4. The lowest BCUT2D eigenvalue weighted by molar-refractivity contribution is -0.393. The smallest absolute Gasteiger partial charge is 0.338 e. The average Bonchev–Trinajstić information content (AvgIpc) is 2.50. The Morgan fingerprint density at radius 1 is 1.04 bits per heavy atom. The van der Waals surface area contributed by atoms with Crippen molar-refractivity contribution in [2.24, 2.45) is 0 Å². The highest BCUT2D eigenvalue weighted by Crippen LogP contribution is 2.37. The molecule has 0 fully saturated rings. The van der Waals surface area contributed by atoms with Crippen LogP contribution >= 0.6 is 0 Å². The van der Waals surface area contributed by atoms with Crippen molar-refractivity contribution in [3.05, 3.63) is 67.3 Å². The van der Waals surface area contributed by atoms with E-state index >= 15 is 0 Å². The predicted octanol–water partition coefficient (Wildman–Crippen LogP) is 3.56. The topological polar surface area (TPSA) is 136 Å². The Labute approximate surface area is 135 Å². The summed E-state index contributed by atoms with van der Waals surface area (Å²) in [6.45, 7) is 3.51. The number of carbonyl (C=O) groups is 1. The van der Waals surface area contributed by atoms with E-state index in [1.54, 1.807) is 32.0 Å². The third kappa shape index (κ3) is 3.14. The Morgan fingerprint density at radius 2 is 1.62 bits per heavy atom. The molecule has 0 aliphatic heterocycles. The summed E-state index contributed by atoms with van der Waals surface area (Å²) in [6.07, 6.45) is 0. The number of nitro groups is 2. The van der Waals surface area contributed by atoms with Gasteiger partial charge in [0.25, 0.3) is 11.4 Å². The molecule has 0 saturated heterocycles. The minimum absolute atomic E-state index is 0.296. The van der Waals surface area contributed by atoms with Crippen molar-refractivity contribution >= 4 is 28.7 Å². The van der Waals surface area contributed by atoms with Gasteiger partial charge in [-0.3, -0.25) is 20.2 Å². The van der Waals surface area contributed by atoms with Crippen LogP contribution in [0, 0.1) is 34.1 Å². The van der Waals surface area contributed by atoms with Crippen molar-refractivity contribution in [3.8, 4) is 0 Å². The van der Waals surface area contributed by atoms with Gasteiger partial charge in [0.05, 0.1) is 21.5 Å². The van der Waals surface area contributed by atoms with Crippen LogP contribution in [0.25, 0.3) is 0 Å². The normalized spacial score (nSPS) is 10.2. The van der Waals surface area contributed by atoms with Crippen molar-refractivity contribution in [1.29, 1.82) is 0 Å². The molecule has 0 heterocycles. The number of para-hydroxylation sites is 1. The Bertz CT molecular complexity index is 807. The second-order valence-corrected chi connectivity index (χ2v) is 5.10. The molecule has 0 atom stereocenters. The summed E-state index contributed by atoms with van der Waals surface area (Å²) >= 11 is 0. The highest BCUT2D eigenvalue weighted by molar-refractivity contribution is 5.99. The van der Waals surface area contributed by atoms with E-state index in [1.807, 2.05) is 0 Å². The van der Waals surface area contributed by atoms with Gasteiger partial charge >= 0.3 is 5.97 Å². The maximum Gasteiger partial charge on any atom is 0.338 e. The van der Waals surface area contributed by atoms with Gasteiger partial charge in [0.2, 0.25) is 0 Å². The van der Waals surface area contributed by atoms with Crippen LogP contribution in [0.1, 0.15) is 21.5 Å². The number of carboxylic acid groups (broad SMARTS) is 1. The molecule has 0 aliphatic carbocycles. The second-order valence-electron chi connectivity index (χ2n) is 5.10. The molecule has 0 aliphatic rings. The van der Waals surface area contributed by atoms with Crippen LogP contribution in [0.4, 0.5) is 22.7 Å². The molecule has 2 N–H and O–H groups in total. The molecule has 124 valence electrons. The molecule has 9 heteroatoms. The van der Waals surface area contributed by atoms with E-state index in [0.717, 1.165) is 23.3 Å². The molecule has 0 radical (unpaired) electrons. The first-order chi connectivity index (χ1) is 11.2. The molecule has 0 aromatic heterocycles. The number of hydrogen-bond donors (Lipinski definition) is 2. The zero-order valence-electron chi connectivity index (χ0n) is 12.8. The largest absolute Gasteiger partial charge is 0.478 e. The number of aromatic carboxylic acids is 1. The Morgan fingerprint density at radius 3 is 2.08 bits per heavy atom. The van der Waals surface area contributed by atoms with Crippen LogP contribution in [0.3, 0.4) is 0 Å². The minimum Gasteiger partial charge on any atom is -0.478 e. The predicted molar refractivity (Wildman–Crippen MR) is 85.9 cm³/mol. The van der Waals surface area contributed by atoms with Crippen LogP contribution < -0.4 is 5.32 Å². The van der Waals surface area contributed by atoms with Crippen LogP contribution in [0.15, 0.2) is 30.3 Å². The number of benzene rings is 2. The lowest BCUT2D eigenvalue weighted by atomic mass is 10.1. The minimum atomic E-state index is -1.50. The Balaban J connectivity index is 2.74. The fourth-order valence-corrected chi connectivity index (χ4v) is 2.30. The molecule has 2 rings (SSSR count). The van der Waals surface area contributed by atoms with E-state index in [9.17, 15) is 30.1 Å². The molecular formula is C15H13N3O6. The van der Waals surface area contributed by atoms with Crippen LogP contribution in [0.5, 0.6) is 0 Å². The monoisotopic (exact) mass is 331 g/mol. The van der Waals surface area contributed by atoms with Gasteiger partial charge in [-0.1, -0.05) is 18.2 Å². The molecule has 0 saturated carbocycles. The van der Waals surface area contributed by atoms with Crippen LogP contribution in [-0.2, 0) is 0 Å². The zero-order valence-corrected chi connectivity index (χ0v) is 12.8. The van der Waals surface area contributed by atoms with Crippen molar-refractivity contribution < 1.29 is 19.7 Å². The van der Waals surface area contributed by atoms with Gasteiger partial charge in [-0.15, -0.1) is 0 Å². The summed E-state index contributed by atoms with van der Waals surface area (Å²) in [4.78, 5) is 31.9. The number of nitrogens with zero attached hydrogens (tertiary/aromatic N) is 2. The van der Waals surface area contributed by atoms with Gasteiger partial charge in [0, 0.05) is 11.8 Å². The highest BCUT2D eigenvalue weighted by Gasteiger charge is 2.28. The highest BCUT2D eigenvalue weighted by atomic mass is 16.6. The number of aryl methyl sites for hydroxylation is 2. The number of anilines is 2. The van der Waals surface area contributed by atoms with Gasteiger partial charge in [-0.05, 0) is 25.0 Å². The number of carboxylic acids is 1. The van der Waals surface area contributed by atoms with Gasteiger partial charge < -0.3 is 10.4 Å². The quantitative estimate of drug-likeness (QED) is 0.631. The number of rotatable bonds is 5. The number of non-ortho nitro benzene ring substituents is 1. The maximum absolute atomic E-state index is 11.4. The molecule has 0 unspecified atom stereocenters. The van der Waals surface area contributed by atoms with Crippen molar-refractivity contribution in [2.75, 3.05) is 5.32 Å². The van der Waals surface area contributed by atoms with Crippen LogP contribution in [0.2, 0.25) is 0 Å². The van der Waals surface area contributed by atoms with E-state index in [4.69, 9.17) is 0 Å². The fourth-order valence-electron chi connectivity index (χ4n) is 2.30. The first-order valence-electron chi connectivity index (χ1n) is 6.75. The molecule has 0 spiro atoms. The van der Waals surface area contributed by atoms with E-state index in [-0.39, 0.29) is 5.69 Å². The SMILES string of the molecule is Cc1cccc(C)c1Nc1c(C(=O)O)cc([N+](=O)[O-])cc1[N+](=O)[O-]. The third-order valence-corrected chi connectivity index (χ3v) is 3.47. The summed E-state index contributed by atoms with van der Waals surface area (Å²) in [5.41, 5.74) is -0.167. The average molecular weight is 331 g/mol. The van der Waals surface area contributed by atoms with E-state index in [0.29, 0.717) is 5.69 Å².